The van der Waals surface area contributed by atoms with Crippen LogP contribution in [0.5, 0.6) is 5.88 Å². The SMILES string of the molecule is CC(C)Oc1ncccc1CNC1CCCC(N)C1. The highest BCUT2D eigenvalue weighted by molar-refractivity contribution is 5.25. The van der Waals surface area contributed by atoms with Crippen LogP contribution in [0.2, 0.25) is 0 Å². The summed E-state index contributed by atoms with van der Waals surface area (Å²) in [5.74, 6) is 0.741. The molecule has 2 rings (SSSR count). The molecule has 2 atom stereocenters. The van der Waals surface area contributed by atoms with Crippen LogP contribution in [-0.2, 0) is 6.54 Å². The van der Waals surface area contributed by atoms with Gasteiger partial charge in [0.1, 0.15) is 0 Å². The van der Waals surface area contributed by atoms with E-state index in [9.17, 15) is 0 Å². The second-order valence-electron chi connectivity index (χ2n) is 5.64. The summed E-state index contributed by atoms with van der Waals surface area (Å²) in [6.45, 7) is 4.84. The van der Waals surface area contributed by atoms with Crippen LogP contribution in [0, 0.1) is 0 Å². The number of pyridine rings is 1. The van der Waals surface area contributed by atoms with Crippen molar-refractivity contribution in [1.29, 1.82) is 0 Å². The fourth-order valence-corrected chi connectivity index (χ4v) is 2.56. The van der Waals surface area contributed by atoms with Gasteiger partial charge in [-0.3, -0.25) is 0 Å². The summed E-state index contributed by atoms with van der Waals surface area (Å²) in [6.07, 6.45) is 6.59. The fourth-order valence-electron chi connectivity index (χ4n) is 2.56. The molecule has 0 bridgehead atoms. The van der Waals surface area contributed by atoms with E-state index in [0.29, 0.717) is 12.1 Å². The van der Waals surface area contributed by atoms with Crippen LogP contribution in [-0.4, -0.2) is 23.2 Å². The number of ether oxygens (including phenoxy) is 1. The molecular formula is C15H25N3O. The summed E-state index contributed by atoms with van der Waals surface area (Å²) >= 11 is 0. The highest BCUT2D eigenvalue weighted by Gasteiger charge is 2.19. The average Bonchev–Trinajstić information content (AvgIpc) is 2.37. The van der Waals surface area contributed by atoms with E-state index < -0.39 is 0 Å². The minimum atomic E-state index is 0.150. The van der Waals surface area contributed by atoms with Crippen molar-refractivity contribution < 1.29 is 4.74 Å². The van der Waals surface area contributed by atoms with Gasteiger partial charge in [0.05, 0.1) is 6.10 Å². The minimum absolute atomic E-state index is 0.150. The van der Waals surface area contributed by atoms with Crippen LogP contribution in [0.15, 0.2) is 18.3 Å². The maximum atomic E-state index is 6.01. The molecule has 0 aliphatic heterocycles. The predicted molar refractivity (Wildman–Crippen MR) is 77.1 cm³/mol. The van der Waals surface area contributed by atoms with Crippen LogP contribution in [0.4, 0.5) is 0 Å². The molecule has 0 spiro atoms. The number of nitrogens with two attached hydrogens (primary N) is 1. The van der Waals surface area contributed by atoms with Gasteiger partial charge in [0.2, 0.25) is 5.88 Å². The van der Waals surface area contributed by atoms with Crippen molar-refractivity contribution in [1.82, 2.24) is 10.3 Å². The Hall–Kier alpha value is -1.13. The first-order valence-corrected chi connectivity index (χ1v) is 7.24. The fraction of sp³-hybridized carbons (Fsp3) is 0.667. The Morgan fingerprint density at radius 2 is 2.32 bits per heavy atom. The molecular weight excluding hydrogens is 238 g/mol. The molecule has 0 aromatic carbocycles. The molecule has 1 fully saturated rings. The number of aromatic nitrogens is 1. The van der Waals surface area contributed by atoms with E-state index in [2.05, 4.69) is 16.4 Å². The molecule has 2 unspecified atom stereocenters. The molecule has 1 aromatic rings. The number of hydrogen-bond acceptors (Lipinski definition) is 4. The summed E-state index contributed by atoms with van der Waals surface area (Å²) in [4.78, 5) is 4.31. The number of rotatable bonds is 5. The van der Waals surface area contributed by atoms with Crippen LogP contribution in [0.1, 0.15) is 45.1 Å². The van der Waals surface area contributed by atoms with Crippen LogP contribution in [0.25, 0.3) is 0 Å². The Morgan fingerprint density at radius 1 is 1.47 bits per heavy atom. The second-order valence-corrected chi connectivity index (χ2v) is 5.64. The first kappa shape index (κ1) is 14.3. The first-order chi connectivity index (χ1) is 9.15. The van der Waals surface area contributed by atoms with Crippen molar-refractivity contribution in [2.75, 3.05) is 0 Å². The maximum absolute atomic E-state index is 6.01. The molecule has 1 aliphatic rings. The zero-order valence-corrected chi connectivity index (χ0v) is 11.9. The Balaban J connectivity index is 1.91. The van der Waals surface area contributed by atoms with E-state index in [-0.39, 0.29) is 6.10 Å². The van der Waals surface area contributed by atoms with Gasteiger partial charge < -0.3 is 15.8 Å². The van der Waals surface area contributed by atoms with E-state index in [1.54, 1.807) is 6.20 Å². The molecule has 0 amide bonds. The van der Waals surface area contributed by atoms with Crippen molar-refractivity contribution >= 4 is 0 Å². The summed E-state index contributed by atoms with van der Waals surface area (Å²) in [5, 5.41) is 3.58. The van der Waals surface area contributed by atoms with Gasteiger partial charge in [-0.25, -0.2) is 4.98 Å². The van der Waals surface area contributed by atoms with Crippen LogP contribution in [0.3, 0.4) is 0 Å². The molecule has 1 saturated carbocycles. The van der Waals surface area contributed by atoms with Gasteiger partial charge in [0.25, 0.3) is 0 Å². The maximum Gasteiger partial charge on any atom is 0.218 e. The van der Waals surface area contributed by atoms with Crippen molar-refractivity contribution in [2.24, 2.45) is 5.73 Å². The largest absolute Gasteiger partial charge is 0.475 e. The summed E-state index contributed by atoms with van der Waals surface area (Å²) in [6, 6.07) is 4.90. The van der Waals surface area contributed by atoms with E-state index in [1.165, 1.54) is 12.8 Å². The highest BCUT2D eigenvalue weighted by atomic mass is 16.5. The monoisotopic (exact) mass is 263 g/mol. The van der Waals surface area contributed by atoms with E-state index >= 15 is 0 Å². The summed E-state index contributed by atoms with van der Waals surface area (Å²) in [5.41, 5.74) is 7.13. The minimum Gasteiger partial charge on any atom is -0.475 e. The molecule has 4 nitrogen and oxygen atoms in total. The third-order valence-corrected chi connectivity index (χ3v) is 3.49. The first-order valence-electron chi connectivity index (χ1n) is 7.24. The summed E-state index contributed by atoms with van der Waals surface area (Å²) in [7, 11) is 0. The lowest BCUT2D eigenvalue weighted by Gasteiger charge is -2.27. The van der Waals surface area contributed by atoms with Crippen LogP contribution >= 0.6 is 0 Å². The van der Waals surface area contributed by atoms with E-state index in [0.717, 1.165) is 30.8 Å². The van der Waals surface area contributed by atoms with Gasteiger partial charge in [-0.05, 0) is 39.2 Å². The lowest BCUT2D eigenvalue weighted by Crippen LogP contribution is -2.39. The topological polar surface area (TPSA) is 60.2 Å². The third-order valence-electron chi connectivity index (χ3n) is 3.49. The van der Waals surface area contributed by atoms with Gasteiger partial charge in [-0.2, -0.15) is 0 Å². The highest BCUT2D eigenvalue weighted by Crippen LogP contribution is 2.19. The number of hydrogen-bond donors (Lipinski definition) is 2. The molecule has 19 heavy (non-hydrogen) atoms. The second kappa shape index (κ2) is 6.87. The lowest BCUT2D eigenvalue weighted by molar-refractivity contribution is 0.228. The molecule has 1 heterocycles. The molecule has 4 heteroatoms. The smallest absolute Gasteiger partial charge is 0.218 e. The van der Waals surface area contributed by atoms with Gasteiger partial charge in [0.15, 0.2) is 0 Å². The van der Waals surface area contributed by atoms with Crippen molar-refractivity contribution in [3.8, 4) is 5.88 Å². The van der Waals surface area contributed by atoms with E-state index in [4.69, 9.17) is 10.5 Å². The number of nitrogens with zero attached hydrogens (tertiary/aromatic N) is 1. The molecule has 106 valence electrons. The standard InChI is InChI=1S/C15H25N3O/c1-11(2)19-15-12(5-4-8-17-15)10-18-14-7-3-6-13(16)9-14/h4-5,8,11,13-14,18H,3,6-7,9-10,16H2,1-2H3. The molecule has 1 aromatic heterocycles. The van der Waals surface area contributed by atoms with Gasteiger partial charge in [-0.15, -0.1) is 0 Å². The predicted octanol–water partition coefficient (Wildman–Crippen LogP) is 2.23. The Labute approximate surface area is 115 Å². The normalized spacial score (nSPS) is 23.6. The van der Waals surface area contributed by atoms with Gasteiger partial charge in [0, 0.05) is 30.4 Å². The quantitative estimate of drug-likeness (QED) is 0.855. The average molecular weight is 263 g/mol. The zero-order valence-electron chi connectivity index (χ0n) is 11.9. The van der Waals surface area contributed by atoms with Gasteiger partial charge >= 0.3 is 0 Å². The van der Waals surface area contributed by atoms with Crippen LogP contribution < -0.4 is 15.8 Å². The van der Waals surface area contributed by atoms with Crippen molar-refractivity contribution in [2.45, 2.75) is 64.3 Å². The van der Waals surface area contributed by atoms with E-state index in [1.807, 2.05) is 19.9 Å². The molecule has 1 aliphatic carbocycles. The number of nitrogens with one attached hydrogen (secondary N) is 1. The Morgan fingerprint density at radius 3 is 3.05 bits per heavy atom. The van der Waals surface area contributed by atoms with Crippen molar-refractivity contribution in [3.63, 3.8) is 0 Å². The molecule has 0 saturated heterocycles. The van der Waals surface area contributed by atoms with Gasteiger partial charge in [-0.1, -0.05) is 12.5 Å². The lowest BCUT2D eigenvalue weighted by atomic mass is 9.91. The molecule has 0 radical (unpaired) electrons. The van der Waals surface area contributed by atoms with Crippen molar-refractivity contribution in [3.05, 3.63) is 23.9 Å². The Bertz CT molecular complexity index is 395. The zero-order chi connectivity index (χ0) is 13.7. The molecule has 3 N–H and O–H groups in total. The Kier molecular flexibility index (Phi) is 5.16. The third kappa shape index (κ3) is 4.48. The summed E-state index contributed by atoms with van der Waals surface area (Å²) < 4.78 is 5.73.